The van der Waals surface area contributed by atoms with Crippen LogP contribution in [-0.4, -0.2) is 17.5 Å². The number of benzene rings is 1. The topological polar surface area (TPSA) is 39.6 Å². The molecule has 0 spiro atoms. The van der Waals surface area contributed by atoms with Crippen molar-refractivity contribution in [1.29, 1.82) is 0 Å². The summed E-state index contributed by atoms with van der Waals surface area (Å²) in [5, 5.41) is 4.72. The van der Waals surface area contributed by atoms with E-state index in [2.05, 4.69) is 22.1 Å². The van der Waals surface area contributed by atoms with Gasteiger partial charge in [-0.3, -0.25) is 0 Å². The van der Waals surface area contributed by atoms with Crippen LogP contribution in [0.5, 0.6) is 0 Å². The molecule has 120 valence electrons. The van der Waals surface area contributed by atoms with E-state index in [-0.39, 0.29) is 0 Å². The van der Waals surface area contributed by atoms with Crippen LogP contribution in [-0.2, 0) is 11.3 Å². The molecule has 0 amide bonds. The zero-order valence-corrected chi connectivity index (χ0v) is 14.0. The average molecular weight is 328 g/mol. The first-order valence-electron chi connectivity index (χ1n) is 7.88. The Bertz CT molecular complexity index is 670. The van der Waals surface area contributed by atoms with Gasteiger partial charge in [0.1, 0.15) is 10.8 Å². The van der Waals surface area contributed by atoms with Gasteiger partial charge in [-0.25, -0.2) is 4.85 Å². The first-order chi connectivity index (χ1) is 11.3. The summed E-state index contributed by atoms with van der Waals surface area (Å²) in [6, 6.07) is 10.3. The number of hydrogen-bond donors (Lipinski definition) is 0. The Morgan fingerprint density at radius 2 is 2.00 bits per heavy atom. The molecule has 0 aliphatic heterocycles. The third-order valence-corrected chi connectivity index (χ3v) is 5.00. The third-order valence-electron chi connectivity index (χ3n) is 4.34. The molecule has 0 radical (unpaired) electrons. The van der Waals surface area contributed by atoms with Crippen molar-refractivity contribution in [2.45, 2.75) is 49.3 Å². The van der Waals surface area contributed by atoms with Gasteiger partial charge in [-0.05, 0) is 37.5 Å². The highest BCUT2D eigenvalue weighted by Crippen LogP contribution is 2.42. The van der Waals surface area contributed by atoms with Crippen LogP contribution in [0, 0.1) is 6.57 Å². The second-order valence-corrected chi connectivity index (χ2v) is 6.58. The van der Waals surface area contributed by atoms with E-state index in [9.17, 15) is 0 Å². The summed E-state index contributed by atoms with van der Waals surface area (Å²) in [5.74, 6) is 1.06. The summed E-state index contributed by atoms with van der Waals surface area (Å²) >= 11 is 1.47. The third kappa shape index (κ3) is 3.77. The first kappa shape index (κ1) is 16.1. The second-order valence-electron chi connectivity index (χ2n) is 5.79. The molecule has 23 heavy (non-hydrogen) atoms. The lowest BCUT2D eigenvalue weighted by Crippen LogP contribution is -2.20. The monoisotopic (exact) mass is 328 g/mol. The molecule has 4 nitrogen and oxygen atoms in total. The molecule has 1 aliphatic carbocycles. The molecule has 0 unspecified atom stereocenters. The molecule has 1 saturated carbocycles. The average Bonchev–Trinajstić information content (AvgIpc) is 3.04. The van der Waals surface area contributed by atoms with Crippen molar-refractivity contribution in [3.05, 3.63) is 53.1 Å². The molecule has 0 atom stereocenters. The van der Waals surface area contributed by atoms with Crippen molar-refractivity contribution < 1.29 is 9.26 Å². The predicted molar refractivity (Wildman–Crippen MR) is 90.8 cm³/mol. The summed E-state index contributed by atoms with van der Waals surface area (Å²) < 4.78 is 11.5. The van der Waals surface area contributed by atoms with E-state index in [1.807, 2.05) is 24.5 Å². The normalized spacial score (nSPS) is 21.0. The summed E-state index contributed by atoms with van der Waals surface area (Å²) in [6.45, 7) is 8.02. The van der Waals surface area contributed by atoms with Crippen LogP contribution in [0.25, 0.3) is 4.85 Å². The highest BCUT2D eigenvalue weighted by Gasteiger charge is 2.29. The highest BCUT2D eigenvalue weighted by molar-refractivity contribution is 7.98. The van der Waals surface area contributed by atoms with Crippen LogP contribution in [0.1, 0.15) is 42.9 Å². The highest BCUT2D eigenvalue weighted by atomic mass is 32.2. The molecule has 0 bridgehead atoms. The fraction of sp³-hybridized carbons (Fsp3) is 0.444. The minimum Gasteiger partial charge on any atom is -0.374 e. The second kappa shape index (κ2) is 7.67. The van der Waals surface area contributed by atoms with Gasteiger partial charge >= 0.3 is 0 Å². The van der Waals surface area contributed by atoms with Gasteiger partial charge in [0.15, 0.2) is 0 Å². The van der Waals surface area contributed by atoms with Crippen LogP contribution in [0.3, 0.4) is 0 Å². The van der Waals surface area contributed by atoms with E-state index in [4.69, 9.17) is 15.8 Å². The Morgan fingerprint density at radius 3 is 2.65 bits per heavy atom. The van der Waals surface area contributed by atoms with Crippen LogP contribution in [0.15, 0.2) is 39.9 Å². The van der Waals surface area contributed by atoms with Gasteiger partial charge in [-0.1, -0.05) is 35.5 Å². The van der Waals surface area contributed by atoms with Gasteiger partial charge in [0.25, 0.3) is 5.69 Å². The van der Waals surface area contributed by atoms with Gasteiger partial charge in [0.05, 0.1) is 19.3 Å². The number of aromatic nitrogens is 1. The van der Waals surface area contributed by atoms with Gasteiger partial charge < -0.3 is 9.26 Å². The minimum atomic E-state index is 0.295. The first-order valence-corrected chi connectivity index (χ1v) is 9.10. The zero-order chi connectivity index (χ0) is 16.1. The molecular weight excluding hydrogens is 308 g/mol. The standard InChI is InChI=1S/C18H20N2O2S/c1-19-16-17(22-20-18(16)23-2)14-8-10-15(11-9-14)21-12-13-6-4-3-5-7-13/h3-7,14-15H,8-12H2,2H3. The van der Waals surface area contributed by atoms with Crippen LogP contribution in [0.2, 0.25) is 0 Å². The summed E-state index contributed by atoms with van der Waals surface area (Å²) in [6.07, 6.45) is 6.21. The number of thioether (sulfide) groups is 1. The van der Waals surface area contributed by atoms with Crippen LogP contribution < -0.4 is 0 Å². The Labute approximate surface area is 141 Å². The van der Waals surface area contributed by atoms with Crippen molar-refractivity contribution in [2.24, 2.45) is 0 Å². The Kier molecular flexibility index (Phi) is 5.37. The molecule has 0 saturated heterocycles. The lowest BCUT2D eigenvalue weighted by molar-refractivity contribution is 0.0118. The molecule has 1 aliphatic rings. The summed E-state index contributed by atoms with van der Waals surface area (Å²) in [7, 11) is 0. The van der Waals surface area contributed by atoms with Crippen molar-refractivity contribution in [1.82, 2.24) is 5.16 Å². The predicted octanol–water partition coefficient (Wildman–Crippen LogP) is 5.19. The van der Waals surface area contributed by atoms with Crippen molar-refractivity contribution >= 4 is 17.4 Å². The SMILES string of the molecule is [C-]#[N+]c1c(SC)noc1C1CCC(OCc2ccccc2)CC1. The lowest BCUT2D eigenvalue weighted by Gasteiger charge is -2.27. The van der Waals surface area contributed by atoms with Crippen molar-refractivity contribution in [3.63, 3.8) is 0 Å². The maximum atomic E-state index is 7.35. The fourth-order valence-corrected chi connectivity index (χ4v) is 3.52. The quantitative estimate of drug-likeness (QED) is 0.559. The largest absolute Gasteiger partial charge is 0.374 e. The van der Waals surface area contributed by atoms with E-state index in [1.165, 1.54) is 17.3 Å². The number of hydrogen-bond acceptors (Lipinski definition) is 4. The molecule has 5 heteroatoms. The lowest BCUT2D eigenvalue weighted by atomic mass is 9.85. The molecule has 0 N–H and O–H groups in total. The van der Waals surface area contributed by atoms with Gasteiger partial charge in [-0.2, -0.15) is 0 Å². The molecule has 1 heterocycles. The van der Waals surface area contributed by atoms with Crippen molar-refractivity contribution in [2.75, 3.05) is 6.26 Å². The van der Waals surface area contributed by atoms with Crippen LogP contribution in [0.4, 0.5) is 5.69 Å². The molecule has 1 aromatic heterocycles. The Balaban J connectivity index is 1.54. The molecule has 1 aromatic carbocycles. The van der Waals surface area contributed by atoms with E-state index < -0.39 is 0 Å². The maximum Gasteiger partial charge on any atom is 0.262 e. The molecular formula is C18H20N2O2S. The summed E-state index contributed by atoms with van der Waals surface area (Å²) in [4.78, 5) is 3.61. The van der Waals surface area contributed by atoms with E-state index in [0.29, 0.717) is 29.3 Å². The molecule has 3 rings (SSSR count). The molecule has 1 fully saturated rings. The number of nitrogens with zero attached hydrogens (tertiary/aromatic N) is 2. The summed E-state index contributed by atoms with van der Waals surface area (Å²) in [5.41, 5.74) is 1.82. The Hall–Kier alpha value is -1.77. The zero-order valence-electron chi connectivity index (χ0n) is 13.2. The Morgan fingerprint density at radius 1 is 1.26 bits per heavy atom. The van der Waals surface area contributed by atoms with Crippen LogP contribution >= 0.6 is 11.8 Å². The van der Waals surface area contributed by atoms with Gasteiger partial charge in [0, 0.05) is 5.92 Å². The van der Waals surface area contributed by atoms with Gasteiger partial charge in [-0.15, -0.1) is 11.8 Å². The van der Waals surface area contributed by atoms with Gasteiger partial charge in [0.2, 0.25) is 0 Å². The van der Waals surface area contributed by atoms with E-state index >= 15 is 0 Å². The van der Waals surface area contributed by atoms with Crippen molar-refractivity contribution in [3.8, 4) is 0 Å². The van der Waals surface area contributed by atoms with E-state index in [0.717, 1.165) is 31.4 Å². The minimum absolute atomic E-state index is 0.295. The smallest absolute Gasteiger partial charge is 0.262 e. The number of rotatable bonds is 5. The fourth-order valence-electron chi connectivity index (χ4n) is 3.07. The molecule has 2 aromatic rings. The maximum absolute atomic E-state index is 7.35. The number of ether oxygens (including phenoxy) is 1. The van der Waals surface area contributed by atoms with E-state index in [1.54, 1.807) is 0 Å².